The summed E-state index contributed by atoms with van der Waals surface area (Å²) in [6.07, 6.45) is 2.34. The molecule has 2 saturated heterocycles. The number of amides is 1. The molecule has 2 aromatic carbocycles. The Balaban J connectivity index is 1.42. The van der Waals surface area contributed by atoms with Crippen LogP contribution in [0.4, 0.5) is 0 Å². The fourth-order valence-electron chi connectivity index (χ4n) is 4.84. The van der Waals surface area contributed by atoms with Gasteiger partial charge in [-0.25, -0.2) is 0 Å². The monoisotopic (exact) mass is 438 g/mol. The number of likely N-dealkylation sites (tertiary alicyclic amines) is 1. The quantitative estimate of drug-likeness (QED) is 0.519. The van der Waals surface area contributed by atoms with Crippen LogP contribution in [-0.4, -0.2) is 35.5 Å². The molecule has 1 unspecified atom stereocenters. The first kappa shape index (κ1) is 20.0. The second kappa shape index (κ2) is 7.37. The Morgan fingerprint density at radius 2 is 1.97 bits per heavy atom. The average Bonchev–Trinajstić information content (AvgIpc) is 3.26. The topological polar surface area (TPSA) is 32.3 Å². The molecule has 3 heterocycles. The number of fused-ring (bicyclic) bond motifs is 1. The molecule has 0 radical (unpaired) electrons. The number of rotatable bonds is 3. The first-order valence-electron chi connectivity index (χ1n) is 10.7. The number of halogens is 1. The Bertz CT molecular complexity index is 1130. The van der Waals surface area contributed by atoms with E-state index in [-0.39, 0.29) is 11.4 Å². The Morgan fingerprint density at radius 3 is 2.67 bits per heavy atom. The van der Waals surface area contributed by atoms with E-state index in [1.807, 2.05) is 4.90 Å². The lowest BCUT2D eigenvalue weighted by Crippen LogP contribution is -2.68. The van der Waals surface area contributed by atoms with E-state index in [0.717, 1.165) is 35.2 Å². The normalized spacial score (nSPS) is 20.3. The molecule has 0 bridgehead atoms. The highest BCUT2D eigenvalue weighted by Gasteiger charge is 2.49. The highest BCUT2D eigenvalue weighted by molar-refractivity contribution is 7.21. The van der Waals surface area contributed by atoms with Gasteiger partial charge in [0.15, 0.2) is 0 Å². The molecular formula is C25H27ClN2OS. The SMILES string of the molecule is CC1CCC2(CN(C(=O)c3sc4cc(-c5cccc(C(C)C)c5)ccc4c3Cl)C2)N1. The summed E-state index contributed by atoms with van der Waals surface area (Å²) in [5, 5.41) is 5.22. The Hall–Kier alpha value is -1.88. The third-order valence-electron chi connectivity index (χ3n) is 6.59. The molecule has 1 amide bonds. The fraction of sp³-hybridized carbons (Fsp3) is 0.400. The van der Waals surface area contributed by atoms with Crippen LogP contribution in [0.3, 0.4) is 0 Å². The van der Waals surface area contributed by atoms with Crippen molar-refractivity contribution in [2.24, 2.45) is 0 Å². The largest absolute Gasteiger partial charge is 0.334 e. The molecule has 1 N–H and O–H groups in total. The Labute approximate surface area is 187 Å². The van der Waals surface area contributed by atoms with Gasteiger partial charge in [-0.3, -0.25) is 4.79 Å². The van der Waals surface area contributed by atoms with E-state index in [2.05, 4.69) is 68.6 Å². The van der Waals surface area contributed by atoms with E-state index >= 15 is 0 Å². The van der Waals surface area contributed by atoms with Gasteiger partial charge in [-0.15, -0.1) is 11.3 Å². The lowest BCUT2D eigenvalue weighted by atomic mass is 9.88. The van der Waals surface area contributed by atoms with Crippen LogP contribution in [0.5, 0.6) is 0 Å². The van der Waals surface area contributed by atoms with Crippen molar-refractivity contribution in [3.63, 3.8) is 0 Å². The highest BCUT2D eigenvalue weighted by Crippen LogP contribution is 2.40. The number of carbonyl (C=O) groups excluding carboxylic acids is 1. The van der Waals surface area contributed by atoms with Crippen molar-refractivity contribution < 1.29 is 4.79 Å². The molecular weight excluding hydrogens is 412 g/mol. The summed E-state index contributed by atoms with van der Waals surface area (Å²) >= 11 is 8.18. The van der Waals surface area contributed by atoms with E-state index in [1.165, 1.54) is 28.9 Å². The molecule has 2 fully saturated rings. The van der Waals surface area contributed by atoms with Crippen LogP contribution < -0.4 is 5.32 Å². The van der Waals surface area contributed by atoms with Crippen LogP contribution in [0.1, 0.15) is 54.8 Å². The third-order valence-corrected chi connectivity index (χ3v) is 8.24. The van der Waals surface area contributed by atoms with Crippen LogP contribution in [0.15, 0.2) is 42.5 Å². The first-order chi connectivity index (χ1) is 14.3. The van der Waals surface area contributed by atoms with Gasteiger partial charge in [-0.1, -0.05) is 61.8 Å². The standard InChI is InChI=1S/C25H27ClN2OS/c1-15(2)17-5-4-6-18(11-17)19-7-8-20-21(12-19)30-23(22(20)26)24(29)28-13-25(14-28)10-9-16(3)27-25/h4-8,11-12,15-16,27H,9-10,13-14H2,1-3H3. The zero-order valence-corrected chi connectivity index (χ0v) is 19.2. The van der Waals surface area contributed by atoms with Gasteiger partial charge in [-0.05, 0) is 48.4 Å². The number of hydrogen-bond acceptors (Lipinski definition) is 3. The number of nitrogens with one attached hydrogen (secondary N) is 1. The van der Waals surface area contributed by atoms with Gasteiger partial charge in [0.2, 0.25) is 0 Å². The Morgan fingerprint density at radius 1 is 1.20 bits per heavy atom. The van der Waals surface area contributed by atoms with E-state index in [4.69, 9.17) is 11.6 Å². The van der Waals surface area contributed by atoms with Crippen LogP contribution in [0.2, 0.25) is 5.02 Å². The van der Waals surface area contributed by atoms with Gasteiger partial charge in [0.05, 0.1) is 10.6 Å². The highest BCUT2D eigenvalue weighted by atomic mass is 35.5. The van der Waals surface area contributed by atoms with Crippen LogP contribution in [0.25, 0.3) is 21.2 Å². The predicted octanol–water partition coefficient (Wildman–Crippen LogP) is 6.31. The smallest absolute Gasteiger partial charge is 0.265 e. The summed E-state index contributed by atoms with van der Waals surface area (Å²) < 4.78 is 1.07. The maximum Gasteiger partial charge on any atom is 0.265 e. The van der Waals surface area contributed by atoms with Gasteiger partial charge >= 0.3 is 0 Å². The van der Waals surface area contributed by atoms with Crippen molar-refractivity contribution in [1.82, 2.24) is 10.2 Å². The van der Waals surface area contributed by atoms with Gasteiger partial charge < -0.3 is 10.2 Å². The summed E-state index contributed by atoms with van der Waals surface area (Å²) in [6.45, 7) is 8.21. The second-order valence-electron chi connectivity index (χ2n) is 9.26. The van der Waals surface area contributed by atoms with Crippen molar-refractivity contribution in [3.8, 4) is 11.1 Å². The van der Waals surface area contributed by atoms with Gasteiger partial charge in [0.1, 0.15) is 4.88 Å². The van der Waals surface area contributed by atoms with E-state index in [9.17, 15) is 4.79 Å². The molecule has 30 heavy (non-hydrogen) atoms. The van der Waals surface area contributed by atoms with Gasteiger partial charge in [-0.2, -0.15) is 0 Å². The third kappa shape index (κ3) is 3.35. The molecule has 156 valence electrons. The minimum Gasteiger partial charge on any atom is -0.334 e. The summed E-state index contributed by atoms with van der Waals surface area (Å²) in [7, 11) is 0. The Kier molecular flexibility index (Phi) is 4.92. The zero-order chi connectivity index (χ0) is 21.0. The summed E-state index contributed by atoms with van der Waals surface area (Å²) in [6, 6.07) is 15.6. The van der Waals surface area contributed by atoms with Crippen LogP contribution in [0, 0.1) is 0 Å². The number of thiophene rings is 1. The van der Waals surface area contributed by atoms with Gasteiger partial charge in [0.25, 0.3) is 5.91 Å². The molecule has 2 aliphatic heterocycles. The summed E-state index contributed by atoms with van der Waals surface area (Å²) in [4.78, 5) is 15.7. The van der Waals surface area contributed by atoms with Crippen molar-refractivity contribution in [2.45, 2.75) is 51.1 Å². The molecule has 5 heteroatoms. The number of carbonyl (C=O) groups is 1. The number of benzene rings is 2. The summed E-state index contributed by atoms with van der Waals surface area (Å²) in [5.41, 5.74) is 3.82. The molecule has 1 aromatic heterocycles. The predicted molar refractivity (Wildman–Crippen MR) is 127 cm³/mol. The lowest BCUT2D eigenvalue weighted by molar-refractivity contribution is 0.0347. The van der Waals surface area contributed by atoms with Crippen LogP contribution in [-0.2, 0) is 0 Å². The number of nitrogens with zero attached hydrogens (tertiary/aromatic N) is 1. The second-order valence-corrected chi connectivity index (χ2v) is 10.7. The fourth-order valence-corrected chi connectivity index (χ4v) is 6.36. The molecule has 0 aliphatic carbocycles. The maximum absolute atomic E-state index is 13.1. The number of hydrogen-bond donors (Lipinski definition) is 1. The average molecular weight is 439 g/mol. The van der Waals surface area contributed by atoms with E-state index in [0.29, 0.717) is 21.9 Å². The minimum atomic E-state index is 0.0662. The minimum absolute atomic E-state index is 0.0662. The molecule has 0 saturated carbocycles. The van der Waals surface area contributed by atoms with E-state index in [1.54, 1.807) is 0 Å². The molecule has 5 rings (SSSR count). The molecule has 3 nitrogen and oxygen atoms in total. The molecule has 3 aromatic rings. The van der Waals surface area contributed by atoms with Crippen molar-refractivity contribution >= 4 is 38.9 Å². The first-order valence-corrected chi connectivity index (χ1v) is 11.9. The summed E-state index contributed by atoms with van der Waals surface area (Å²) in [5.74, 6) is 0.558. The zero-order valence-electron chi connectivity index (χ0n) is 17.7. The lowest BCUT2D eigenvalue weighted by Gasteiger charge is -2.48. The van der Waals surface area contributed by atoms with Crippen molar-refractivity contribution in [2.75, 3.05) is 13.1 Å². The van der Waals surface area contributed by atoms with Crippen LogP contribution >= 0.6 is 22.9 Å². The molecule has 2 aliphatic rings. The molecule has 1 atom stereocenters. The van der Waals surface area contributed by atoms with Crippen molar-refractivity contribution in [3.05, 3.63) is 57.9 Å². The van der Waals surface area contributed by atoms with Crippen molar-refractivity contribution in [1.29, 1.82) is 0 Å². The molecule has 1 spiro atoms. The van der Waals surface area contributed by atoms with E-state index < -0.39 is 0 Å². The van der Waals surface area contributed by atoms with Gasteiger partial charge in [0, 0.05) is 29.2 Å². The maximum atomic E-state index is 13.1.